The van der Waals surface area contributed by atoms with E-state index in [4.69, 9.17) is 5.11 Å². The molecular weight excluding hydrogens is 102 g/mol. The normalized spacial score (nSPS) is 19.4. The third-order valence-electron chi connectivity index (χ3n) is 1.31. The lowest BCUT2D eigenvalue weighted by atomic mass is 10.2. The van der Waals surface area contributed by atoms with E-state index in [1.165, 1.54) is 6.42 Å². The molecule has 0 saturated carbocycles. The molecule has 0 radical (unpaired) electrons. The summed E-state index contributed by atoms with van der Waals surface area (Å²) in [5.41, 5.74) is 0. The van der Waals surface area contributed by atoms with Gasteiger partial charge < -0.3 is 10.0 Å². The first-order chi connectivity index (χ1) is 3.93. The molecular formula is C6H11NO. The highest BCUT2D eigenvalue weighted by atomic mass is 16.3. The molecule has 0 aromatic carbocycles. The number of nitrogens with zero attached hydrogens (tertiary/aromatic N) is 1. The van der Waals surface area contributed by atoms with Crippen molar-refractivity contribution >= 4 is 0 Å². The lowest BCUT2D eigenvalue weighted by molar-refractivity contribution is 0.146. The predicted octanol–water partition coefficient (Wildman–Crippen LogP) is 0.546. The molecule has 1 aliphatic heterocycles. The lowest BCUT2D eigenvalue weighted by Gasteiger charge is -2.19. The molecule has 0 aromatic heterocycles. The van der Waals surface area contributed by atoms with Gasteiger partial charge >= 0.3 is 0 Å². The van der Waals surface area contributed by atoms with Crippen LogP contribution in [-0.2, 0) is 0 Å². The van der Waals surface area contributed by atoms with E-state index < -0.39 is 0 Å². The van der Waals surface area contributed by atoms with Crippen LogP contribution in [0.15, 0.2) is 12.3 Å². The van der Waals surface area contributed by atoms with Crippen LogP contribution in [0.3, 0.4) is 0 Å². The molecule has 0 unspecified atom stereocenters. The summed E-state index contributed by atoms with van der Waals surface area (Å²) in [5, 5.41) is 8.57. The van der Waals surface area contributed by atoms with Crippen molar-refractivity contribution in [3.05, 3.63) is 12.3 Å². The Hall–Kier alpha value is -0.500. The minimum absolute atomic E-state index is 0.163. The second-order valence-electron chi connectivity index (χ2n) is 1.98. The third kappa shape index (κ3) is 1.23. The number of rotatable bonds is 1. The van der Waals surface area contributed by atoms with Crippen molar-refractivity contribution < 1.29 is 5.11 Å². The van der Waals surface area contributed by atoms with Gasteiger partial charge in [0.25, 0.3) is 0 Å². The van der Waals surface area contributed by atoms with Gasteiger partial charge in [-0.25, -0.2) is 0 Å². The van der Waals surface area contributed by atoms with Crippen LogP contribution in [0.2, 0.25) is 0 Å². The summed E-state index contributed by atoms with van der Waals surface area (Å²) in [4.78, 5) is 1.89. The van der Waals surface area contributed by atoms with Crippen molar-refractivity contribution in [1.82, 2.24) is 4.90 Å². The average molecular weight is 113 g/mol. The van der Waals surface area contributed by atoms with Crippen LogP contribution in [0.1, 0.15) is 12.8 Å². The molecule has 0 bridgehead atoms. The monoisotopic (exact) mass is 113 g/mol. The molecule has 1 aliphatic rings. The molecule has 0 saturated heterocycles. The van der Waals surface area contributed by atoms with Crippen LogP contribution in [0.4, 0.5) is 0 Å². The van der Waals surface area contributed by atoms with Gasteiger partial charge in [0, 0.05) is 6.54 Å². The minimum Gasteiger partial charge on any atom is -0.376 e. The highest BCUT2D eigenvalue weighted by molar-refractivity contribution is 4.85. The van der Waals surface area contributed by atoms with E-state index in [0.717, 1.165) is 13.0 Å². The summed E-state index contributed by atoms with van der Waals surface area (Å²) < 4.78 is 0. The van der Waals surface area contributed by atoms with Gasteiger partial charge in [0.15, 0.2) is 0 Å². The van der Waals surface area contributed by atoms with Crippen LogP contribution in [0.5, 0.6) is 0 Å². The Labute approximate surface area is 49.4 Å². The first-order valence-corrected chi connectivity index (χ1v) is 2.95. The lowest BCUT2D eigenvalue weighted by Crippen LogP contribution is -2.21. The van der Waals surface area contributed by atoms with Crippen LogP contribution in [0.25, 0.3) is 0 Å². The van der Waals surface area contributed by atoms with Crippen molar-refractivity contribution in [3.8, 4) is 0 Å². The fourth-order valence-electron chi connectivity index (χ4n) is 0.828. The van der Waals surface area contributed by atoms with Crippen molar-refractivity contribution in [2.75, 3.05) is 13.3 Å². The fourth-order valence-corrected chi connectivity index (χ4v) is 0.828. The van der Waals surface area contributed by atoms with E-state index in [1.807, 2.05) is 11.1 Å². The maximum absolute atomic E-state index is 8.57. The van der Waals surface area contributed by atoms with Gasteiger partial charge in [-0.2, -0.15) is 0 Å². The zero-order valence-corrected chi connectivity index (χ0v) is 4.88. The number of aliphatic hydroxyl groups is 1. The van der Waals surface area contributed by atoms with Gasteiger partial charge in [0.1, 0.15) is 6.73 Å². The Morgan fingerprint density at radius 2 is 2.50 bits per heavy atom. The Balaban J connectivity index is 2.32. The topological polar surface area (TPSA) is 23.5 Å². The summed E-state index contributed by atoms with van der Waals surface area (Å²) in [6.45, 7) is 1.17. The molecule has 0 spiro atoms. The van der Waals surface area contributed by atoms with E-state index in [1.54, 1.807) is 0 Å². The highest BCUT2D eigenvalue weighted by Gasteiger charge is 1.98. The van der Waals surface area contributed by atoms with Crippen LogP contribution >= 0.6 is 0 Å². The number of hydrogen-bond acceptors (Lipinski definition) is 2. The van der Waals surface area contributed by atoms with Gasteiger partial charge in [-0.3, -0.25) is 0 Å². The first-order valence-electron chi connectivity index (χ1n) is 2.95. The SMILES string of the molecule is OCN1C=CCCC1. The average Bonchev–Trinajstić information content (AvgIpc) is 1.90. The predicted molar refractivity (Wildman–Crippen MR) is 32.2 cm³/mol. The van der Waals surface area contributed by atoms with Gasteiger partial charge in [0.2, 0.25) is 0 Å². The molecule has 0 atom stereocenters. The van der Waals surface area contributed by atoms with E-state index in [-0.39, 0.29) is 6.73 Å². The van der Waals surface area contributed by atoms with Crippen LogP contribution < -0.4 is 0 Å². The molecule has 0 aromatic rings. The van der Waals surface area contributed by atoms with Crippen molar-refractivity contribution in [3.63, 3.8) is 0 Å². The highest BCUT2D eigenvalue weighted by Crippen LogP contribution is 2.02. The van der Waals surface area contributed by atoms with Crippen molar-refractivity contribution in [2.24, 2.45) is 0 Å². The molecule has 1 rings (SSSR count). The minimum atomic E-state index is 0.163. The van der Waals surface area contributed by atoms with Crippen molar-refractivity contribution in [2.45, 2.75) is 12.8 Å². The fraction of sp³-hybridized carbons (Fsp3) is 0.667. The number of allylic oxidation sites excluding steroid dienone is 1. The van der Waals surface area contributed by atoms with Gasteiger partial charge in [-0.05, 0) is 19.0 Å². The summed E-state index contributed by atoms with van der Waals surface area (Å²) in [6, 6.07) is 0. The summed E-state index contributed by atoms with van der Waals surface area (Å²) in [7, 11) is 0. The second kappa shape index (κ2) is 2.72. The van der Waals surface area contributed by atoms with Gasteiger partial charge in [-0.15, -0.1) is 0 Å². The molecule has 0 amide bonds. The zero-order valence-electron chi connectivity index (χ0n) is 4.88. The maximum Gasteiger partial charge on any atom is 0.115 e. The molecule has 0 aliphatic carbocycles. The van der Waals surface area contributed by atoms with E-state index in [0.29, 0.717) is 0 Å². The summed E-state index contributed by atoms with van der Waals surface area (Å²) >= 11 is 0. The summed E-state index contributed by atoms with van der Waals surface area (Å²) in [5.74, 6) is 0. The first kappa shape index (κ1) is 5.63. The molecule has 1 heterocycles. The standard InChI is InChI=1S/C6H11NO/c8-6-7-4-2-1-3-5-7/h2,4,8H,1,3,5-6H2. The number of hydrogen-bond donors (Lipinski definition) is 1. The van der Waals surface area contributed by atoms with Crippen LogP contribution in [0, 0.1) is 0 Å². The van der Waals surface area contributed by atoms with E-state index in [9.17, 15) is 0 Å². The smallest absolute Gasteiger partial charge is 0.115 e. The van der Waals surface area contributed by atoms with Crippen molar-refractivity contribution in [1.29, 1.82) is 0 Å². The van der Waals surface area contributed by atoms with Gasteiger partial charge in [-0.1, -0.05) is 6.08 Å². The molecule has 46 valence electrons. The molecule has 1 N–H and O–H groups in total. The molecule has 2 heteroatoms. The molecule has 8 heavy (non-hydrogen) atoms. The molecule has 0 fully saturated rings. The van der Waals surface area contributed by atoms with E-state index in [2.05, 4.69) is 6.08 Å². The Kier molecular flexibility index (Phi) is 1.92. The van der Waals surface area contributed by atoms with Gasteiger partial charge in [0.05, 0.1) is 0 Å². The maximum atomic E-state index is 8.57. The number of aliphatic hydroxyl groups excluding tert-OH is 1. The Morgan fingerprint density at radius 3 is 2.88 bits per heavy atom. The van der Waals surface area contributed by atoms with E-state index >= 15 is 0 Å². The Bertz CT molecular complexity index is 90.5. The molecule has 2 nitrogen and oxygen atoms in total. The van der Waals surface area contributed by atoms with Crippen LogP contribution in [-0.4, -0.2) is 23.3 Å². The Morgan fingerprint density at radius 1 is 1.62 bits per heavy atom. The zero-order chi connectivity index (χ0) is 5.82. The summed E-state index contributed by atoms with van der Waals surface area (Å²) in [6.07, 6.45) is 6.37. The largest absolute Gasteiger partial charge is 0.376 e. The quantitative estimate of drug-likeness (QED) is 0.536. The second-order valence-corrected chi connectivity index (χ2v) is 1.98. The third-order valence-corrected chi connectivity index (χ3v) is 1.31.